The van der Waals surface area contributed by atoms with Crippen LogP contribution < -0.4 is 10.6 Å². The Morgan fingerprint density at radius 1 is 1.19 bits per heavy atom. The van der Waals surface area contributed by atoms with Gasteiger partial charge in [-0.2, -0.15) is 0 Å². The Hall–Kier alpha value is -2.22. The van der Waals surface area contributed by atoms with E-state index in [1.54, 1.807) is 4.90 Å². The highest BCUT2D eigenvalue weighted by Crippen LogP contribution is 2.24. The molecule has 0 aliphatic heterocycles. The van der Waals surface area contributed by atoms with Gasteiger partial charge in [0, 0.05) is 13.1 Å². The van der Waals surface area contributed by atoms with Gasteiger partial charge in [0.25, 0.3) is 0 Å². The monoisotopic (exact) mass is 391 g/mol. The highest BCUT2D eigenvalue weighted by Gasteiger charge is 2.16. The molecule has 1 heterocycles. The smallest absolute Gasteiger partial charge is 0.233 e. The molecule has 0 saturated carbocycles. The fourth-order valence-corrected chi connectivity index (χ4v) is 3.28. The summed E-state index contributed by atoms with van der Waals surface area (Å²) < 4.78 is 7.14. The number of carbonyl (C=O) groups is 1. The van der Waals surface area contributed by atoms with Crippen molar-refractivity contribution >= 4 is 17.7 Å². The number of benzene rings is 1. The standard InChI is InChI=1S/C19H29N5O2S/c1-6-23(7-2)17(25)13-27-18-22-21-16(24(18)20)12-26-15-10-8-14(9-11-15)19(3,4)5/h8-11H,6-7,12-13,20H2,1-5H3. The topological polar surface area (TPSA) is 86.3 Å². The number of nitrogens with zero attached hydrogens (tertiary/aromatic N) is 4. The molecule has 0 saturated heterocycles. The molecule has 1 aromatic carbocycles. The van der Waals surface area contributed by atoms with Crippen molar-refractivity contribution in [3.05, 3.63) is 35.7 Å². The Bertz CT molecular complexity index is 748. The van der Waals surface area contributed by atoms with Gasteiger partial charge in [-0.1, -0.05) is 44.7 Å². The van der Waals surface area contributed by atoms with E-state index in [1.807, 2.05) is 26.0 Å². The fraction of sp³-hybridized carbons (Fsp3) is 0.526. The van der Waals surface area contributed by atoms with Crippen LogP contribution in [-0.4, -0.2) is 44.5 Å². The van der Waals surface area contributed by atoms with Crippen LogP contribution in [0.1, 0.15) is 46.0 Å². The number of aromatic nitrogens is 3. The zero-order chi connectivity index (χ0) is 20.0. The number of nitrogens with two attached hydrogens (primary N) is 1. The first kappa shape index (κ1) is 21.1. The van der Waals surface area contributed by atoms with Gasteiger partial charge in [0.05, 0.1) is 5.75 Å². The average Bonchev–Trinajstić information content (AvgIpc) is 2.98. The third-order valence-electron chi connectivity index (χ3n) is 4.26. The Morgan fingerprint density at radius 2 is 1.81 bits per heavy atom. The highest BCUT2D eigenvalue weighted by atomic mass is 32.2. The molecule has 0 radical (unpaired) electrons. The third-order valence-corrected chi connectivity index (χ3v) is 5.19. The Labute approximate surface area is 165 Å². The quantitative estimate of drug-likeness (QED) is 0.550. The summed E-state index contributed by atoms with van der Waals surface area (Å²) in [6.07, 6.45) is 0. The first-order valence-corrected chi connectivity index (χ1v) is 10.1. The van der Waals surface area contributed by atoms with E-state index in [0.29, 0.717) is 24.1 Å². The van der Waals surface area contributed by atoms with Crippen LogP contribution >= 0.6 is 11.8 Å². The van der Waals surface area contributed by atoms with Crippen LogP contribution in [0.5, 0.6) is 5.75 Å². The van der Waals surface area contributed by atoms with Crippen LogP contribution in [0.15, 0.2) is 29.4 Å². The van der Waals surface area contributed by atoms with Gasteiger partial charge in [-0.15, -0.1) is 10.2 Å². The van der Waals surface area contributed by atoms with Crippen LogP contribution in [0.2, 0.25) is 0 Å². The van der Waals surface area contributed by atoms with Gasteiger partial charge >= 0.3 is 0 Å². The molecule has 0 spiro atoms. The second kappa shape index (κ2) is 9.12. The van der Waals surface area contributed by atoms with Gasteiger partial charge < -0.3 is 15.5 Å². The molecule has 8 heteroatoms. The molecular weight excluding hydrogens is 362 g/mol. The van der Waals surface area contributed by atoms with Gasteiger partial charge in [0.1, 0.15) is 12.4 Å². The normalized spacial score (nSPS) is 11.4. The van der Waals surface area contributed by atoms with E-state index in [0.717, 1.165) is 5.75 Å². The van der Waals surface area contributed by atoms with Crippen LogP contribution in [0.4, 0.5) is 0 Å². The number of rotatable bonds is 8. The number of hydrogen-bond acceptors (Lipinski definition) is 6. The zero-order valence-corrected chi connectivity index (χ0v) is 17.5. The number of amides is 1. The van der Waals surface area contributed by atoms with Gasteiger partial charge in [0.15, 0.2) is 5.82 Å². The van der Waals surface area contributed by atoms with Gasteiger partial charge in [-0.05, 0) is 37.0 Å². The molecule has 148 valence electrons. The lowest BCUT2D eigenvalue weighted by Crippen LogP contribution is -2.32. The van der Waals surface area contributed by atoms with Crippen molar-refractivity contribution in [2.24, 2.45) is 0 Å². The summed E-state index contributed by atoms with van der Waals surface area (Å²) in [6, 6.07) is 8.00. The highest BCUT2D eigenvalue weighted by molar-refractivity contribution is 7.99. The summed E-state index contributed by atoms with van der Waals surface area (Å²) in [7, 11) is 0. The number of carbonyl (C=O) groups excluding carboxylic acids is 1. The number of thioether (sulfide) groups is 1. The van der Waals surface area contributed by atoms with Crippen LogP contribution in [-0.2, 0) is 16.8 Å². The fourth-order valence-electron chi connectivity index (χ4n) is 2.50. The van der Waals surface area contributed by atoms with Crippen molar-refractivity contribution in [1.82, 2.24) is 19.8 Å². The van der Waals surface area contributed by atoms with Crippen LogP contribution in [0, 0.1) is 0 Å². The summed E-state index contributed by atoms with van der Waals surface area (Å²) in [6.45, 7) is 12.0. The molecule has 0 aliphatic carbocycles. The molecule has 7 nitrogen and oxygen atoms in total. The minimum absolute atomic E-state index is 0.0599. The second-order valence-corrected chi connectivity index (χ2v) is 8.13. The molecule has 2 rings (SSSR count). The van der Waals surface area contributed by atoms with Crippen molar-refractivity contribution in [2.45, 2.75) is 51.8 Å². The van der Waals surface area contributed by atoms with E-state index >= 15 is 0 Å². The van der Waals surface area contributed by atoms with E-state index in [2.05, 4.69) is 43.1 Å². The largest absolute Gasteiger partial charge is 0.486 e. The molecule has 2 N–H and O–H groups in total. The lowest BCUT2D eigenvalue weighted by atomic mass is 9.87. The molecule has 0 bridgehead atoms. The van der Waals surface area contributed by atoms with E-state index in [4.69, 9.17) is 10.6 Å². The number of hydrogen-bond donors (Lipinski definition) is 1. The molecule has 2 aromatic rings. The molecule has 1 aromatic heterocycles. The molecule has 27 heavy (non-hydrogen) atoms. The average molecular weight is 392 g/mol. The summed E-state index contributed by atoms with van der Waals surface area (Å²) in [5.74, 6) is 7.64. The van der Waals surface area contributed by atoms with Gasteiger partial charge in [0.2, 0.25) is 11.1 Å². The van der Waals surface area contributed by atoms with Crippen molar-refractivity contribution in [2.75, 3.05) is 24.7 Å². The zero-order valence-electron chi connectivity index (χ0n) is 16.7. The Balaban J connectivity index is 1.92. The molecule has 1 amide bonds. The SMILES string of the molecule is CCN(CC)C(=O)CSc1nnc(COc2ccc(C(C)(C)C)cc2)n1N. The lowest BCUT2D eigenvalue weighted by Gasteiger charge is -2.19. The Morgan fingerprint density at radius 3 is 2.37 bits per heavy atom. The molecule has 0 unspecified atom stereocenters. The Kier molecular flexibility index (Phi) is 7.12. The van der Waals surface area contributed by atoms with Crippen molar-refractivity contribution in [1.29, 1.82) is 0 Å². The van der Waals surface area contributed by atoms with Crippen LogP contribution in [0.25, 0.3) is 0 Å². The molecule has 0 fully saturated rings. The first-order valence-electron chi connectivity index (χ1n) is 9.09. The minimum Gasteiger partial charge on any atom is -0.486 e. The van der Waals surface area contributed by atoms with Gasteiger partial charge in [-0.25, -0.2) is 4.68 Å². The third kappa shape index (κ3) is 5.63. The summed E-state index contributed by atoms with van der Waals surface area (Å²) in [4.78, 5) is 13.9. The maximum atomic E-state index is 12.1. The number of nitrogen functional groups attached to an aromatic ring is 1. The van der Waals surface area contributed by atoms with Crippen molar-refractivity contribution in [3.63, 3.8) is 0 Å². The summed E-state index contributed by atoms with van der Waals surface area (Å²) in [5, 5.41) is 8.62. The van der Waals surface area contributed by atoms with Gasteiger partial charge in [-0.3, -0.25) is 4.79 Å². The van der Waals surface area contributed by atoms with Crippen LogP contribution in [0.3, 0.4) is 0 Å². The number of ether oxygens (including phenoxy) is 1. The summed E-state index contributed by atoms with van der Waals surface area (Å²) in [5.41, 5.74) is 1.35. The van der Waals surface area contributed by atoms with E-state index < -0.39 is 0 Å². The minimum atomic E-state index is 0.0599. The molecule has 0 atom stereocenters. The second-order valence-electron chi connectivity index (χ2n) is 7.19. The van der Waals surface area contributed by atoms with E-state index in [-0.39, 0.29) is 23.7 Å². The predicted octanol–water partition coefficient (Wildman–Crippen LogP) is 2.83. The molecular formula is C19H29N5O2S. The summed E-state index contributed by atoms with van der Waals surface area (Å²) >= 11 is 1.28. The van der Waals surface area contributed by atoms with Crippen molar-refractivity contribution in [3.8, 4) is 5.75 Å². The van der Waals surface area contributed by atoms with Crippen molar-refractivity contribution < 1.29 is 9.53 Å². The maximum Gasteiger partial charge on any atom is 0.233 e. The van der Waals surface area contributed by atoms with E-state index in [1.165, 1.54) is 22.0 Å². The van der Waals surface area contributed by atoms with E-state index in [9.17, 15) is 4.79 Å². The first-order chi connectivity index (χ1) is 12.8. The molecule has 0 aliphatic rings. The maximum absolute atomic E-state index is 12.1. The predicted molar refractivity (Wildman–Crippen MR) is 108 cm³/mol. The lowest BCUT2D eigenvalue weighted by molar-refractivity contribution is -0.127.